The van der Waals surface area contributed by atoms with Crippen LogP contribution in [0.4, 0.5) is 0 Å². The van der Waals surface area contributed by atoms with Crippen LogP contribution >= 0.6 is 0 Å². The first-order valence-electron chi connectivity index (χ1n) is 3.57. The molecule has 0 radical (unpaired) electrons. The molecule has 0 saturated heterocycles. The molecule has 9 heavy (non-hydrogen) atoms. The van der Waals surface area contributed by atoms with Crippen LogP contribution in [0.2, 0.25) is 0 Å². The van der Waals surface area contributed by atoms with E-state index in [1.54, 1.807) is 0 Å². The monoisotopic (exact) mass is 158 g/mol. The first kappa shape index (κ1) is 7.78. The Morgan fingerprint density at radius 3 is 2.11 bits per heavy atom. The molecule has 2 aliphatic rings. The van der Waals surface area contributed by atoms with Crippen LogP contribution < -0.4 is 0 Å². The Labute approximate surface area is 71.3 Å². The minimum atomic E-state index is 0. The molecule has 2 aliphatic carbocycles. The van der Waals surface area contributed by atoms with Crippen molar-refractivity contribution in [1.29, 1.82) is 0 Å². The second-order valence-corrected chi connectivity index (χ2v) is 3.28. The molecule has 0 aliphatic heterocycles. The van der Waals surface area contributed by atoms with Crippen LogP contribution in [0.25, 0.3) is 5.73 Å². The van der Waals surface area contributed by atoms with Crippen LogP contribution in [0.3, 0.4) is 0 Å². The topological polar surface area (TPSA) is 23.8 Å². The zero-order valence-electron chi connectivity index (χ0n) is 5.56. The SMILES string of the molecule is [NH-]C1CC2CCC1C2.[Ti]. The summed E-state index contributed by atoms with van der Waals surface area (Å²) < 4.78 is 0. The van der Waals surface area contributed by atoms with E-state index in [9.17, 15) is 0 Å². The maximum absolute atomic E-state index is 7.52. The van der Waals surface area contributed by atoms with Crippen molar-refractivity contribution in [3.8, 4) is 0 Å². The van der Waals surface area contributed by atoms with Gasteiger partial charge in [0.25, 0.3) is 0 Å². The van der Waals surface area contributed by atoms with Crippen molar-refractivity contribution in [3.05, 3.63) is 5.73 Å². The van der Waals surface area contributed by atoms with Crippen molar-refractivity contribution in [2.45, 2.75) is 31.7 Å². The number of rotatable bonds is 0. The molecular weight excluding hydrogens is 146 g/mol. The molecule has 0 aromatic rings. The van der Waals surface area contributed by atoms with Gasteiger partial charge in [-0.2, -0.15) is 0 Å². The van der Waals surface area contributed by atoms with E-state index in [4.69, 9.17) is 5.73 Å². The predicted octanol–water partition coefficient (Wildman–Crippen LogP) is 2.22. The molecule has 2 rings (SSSR count). The van der Waals surface area contributed by atoms with Gasteiger partial charge in [0.05, 0.1) is 0 Å². The van der Waals surface area contributed by atoms with E-state index >= 15 is 0 Å². The number of fused-ring (bicyclic) bond motifs is 2. The molecule has 1 nitrogen and oxygen atoms in total. The van der Waals surface area contributed by atoms with Crippen LogP contribution in [0.15, 0.2) is 0 Å². The van der Waals surface area contributed by atoms with Crippen LogP contribution in [-0.4, -0.2) is 6.04 Å². The molecule has 50 valence electrons. The molecular formula is C7H12NTi-. The minimum absolute atomic E-state index is 0. The van der Waals surface area contributed by atoms with Gasteiger partial charge in [-0.15, -0.1) is 6.04 Å². The predicted molar refractivity (Wildman–Crippen MR) is 33.6 cm³/mol. The van der Waals surface area contributed by atoms with Gasteiger partial charge >= 0.3 is 0 Å². The fraction of sp³-hybridized carbons (Fsp3) is 1.00. The summed E-state index contributed by atoms with van der Waals surface area (Å²) in [5.74, 6) is 1.77. The smallest absolute Gasteiger partial charge is 0 e. The Balaban J connectivity index is 0.000000405. The van der Waals surface area contributed by atoms with Gasteiger partial charge in [-0.25, -0.2) is 0 Å². The van der Waals surface area contributed by atoms with E-state index in [1.807, 2.05) is 0 Å². The molecule has 2 saturated carbocycles. The Morgan fingerprint density at radius 1 is 1.11 bits per heavy atom. The Kier molecular flexibility index (Phi) is 2.36. The van der Waals surface area contributed by atoms with Crippen LogP contribution in [0, 0.1) is 11.8 Å². The van der Waals surface area contributed by atoms with E-state index < -0.39 is 0 Å². The average molecular weight is 158 g/mol. The van der Waals surface area contributed by atoms with Gasteiger partial charge in [0.1, 0.15) is 0 Å². The van der Waals surface area contributed by atoms with E-state index in [2.05, 4.69) is 0 Å². The Hall–Kier alpha value is 0.674. The third-order valence-corrected chi connectivity index (χ3v) is 2.74. The van der Waals surface area contributed by atoms with Gasteiger partial charge < -0.3 is 5.73 Å². The maximum atomic E-state index is 7.52. The standard InChI is InChI=1S/C7H12N.Ti/c8-7-4-5-1-2-6(7)3-5;/h5-8H,1-4H2;/q-1;. The summed E-state index contributed by atoms with van der Waals surface area (Å²) in [6, 6.07) is 0.328. The fourth-order valence-electron chi connectivity index (χ4n) is 2.24. The molecule has 0 amide bonds. The van der Waals surface area contributed by atoms with Gasteiger partial charge in [-0.05, 0) is 12.3 Å². The second kappa shape index (κ2) is 2.73. The summed E-state index contributed by atoms with van der Waals surface area (Å²) in [6.07, 6.45) is 5.39. The van der Waals surface area contributed by atoms with E-state index in [0.717, 1.165) is 11.8 Å². The summed E-state index contributed by atoms with van der Waals surface area (Å²) in [6.45, 7) is 0. The third-order valence-electron chi connectivity index (χ3n) is 2.74. The third kappa shape index (κ3) is 1.24. The molecule has 2 heteroatoms. The molecule has 2 fully saturated rings. The molecule has 2 bridgehead atoms. The molecule has 0 heterocycles. The van der Waals surface area contributed by atoms with E-state index in [-0.39, 0.29) is 21.7 Å². The van der Waals surface area contributed by atoms with Crippen molar-refractivity contribution in [2.75, 3.05) is 0 Å². The van der Waals surface area contributed by atoms with E-state index in [0.29, 0.717) is 6.04 Å². The van der Waals surface area contributed by atoms with Gasteiger partial charge in [-0.1, -0.05) is 25.2 Å². The molecule has 0 spiro atoms. The molecule has 0 aromatic heterocycles. The zero-order chi connectivity index (χ0) is 5.56. The average Bonchev–Trinajstić information content (AvgIpc) is 2.23. The molecule has 3 atom stereocenters. The largest absolute Gasteiger partial charge is 0.674 e. The van der Waals surface area contributed by atoms with Crippen molar-refractivity contribution in [3.63, 3.8) is 0 Å². The van der Waals surface area contributed by atoms with E-state index in [1.165, 1.54) is 25.7 Å². The number of hydrogen-bond acceptors (Lipinski definition) is 0. The van der Waals surface area contributed by atoms with Gasteiger partial charge in [0.2, 0.25) is 0 Å². The van der Waals surface area contributed by atoms with Crippen molar-refractivity contribution in [1.82, 2.24) is 0 Å². The van der Waals surface area contributed by atoms with Crippen LogP contribution in [0.1, 0.15) is 25.7 Å². The van der Waals surface area contributed by atoms with Gasteiger partial charge in [0, 0.05) is 21.7 Å². The number of nitrogens with one attached hydrogen (secondary N) is 1. The normalized spacial score (nSPS) is 47.0. The van der Waals surface area contributed by atoms with Crippen molar-refractivity contribution < 1.29 is 21.7 Å². The quantitative estimate of drug-likeness (QED) is 0.482. The Morgan fingerprint density at radius 2 is 1.89 bits per heavy atom. The van der Waals surface area contributed by atoms with Gasteiger partial charge in [0.15, 0.2) is 0 Å². The first-order valence-corrected chi connectivity index (χ1v) is 3.57. The second-order valence-electron chi connectivity index (χ2n) is 3.28. The van der Waals surface area contributed by atoms with Crippen molar-refractivity contribution >= 4 is 0 Å². The van der Waals surface area contributed by atoms with Crippen LogP contribution in [-0.2, 0) is 21.7 Å². The Bertz CT molecular complexity index is 103. The zero-order valence-corrected chi connectivity index (χ0v) is 7.12. The summed E-state index contributed by atoms with van der Waals surface area (Å²) in [4.78, 5) is 0. The fourth-order valence-corrected chi connectivity index (χ4v) is 2.24. The summed E-state index contributed by atoms with van der Waals surface area (Å²) in [5, 5.41) is 0. The molecule has 1 N–H and O–H groups in total. The summed E-state index contributed by atoms with van der Waals surface area (Å²) in [5.41, 5.74) is 7.52. The van der Waals surface area contributed by atoms with Gasteiger partial charge in [-0.3, -0.25) is 0 Å². The molecule has 3 unspecified atom stereocenters. The van der Waals surface area contributed by atoms with Crippen LogP contribution in [0.5, 0.6) is 0 Å². The first-order chi connectivity index (χ1) is 3.86. The van der Waals surface area contributed by atoms with Crippen molar-refractivity contribution in [2.24, 2.45) is 11.8 Å². The molecule has 0 aromatic carbocycles. The minimum Gasteiger partial charge on any atom is -0.674 e. The number of hydrogen-bond donors (Lipinski definition) is 0. The summed E-state index contributed by atoms with van der Waals surface area (Å²) in [7, 11) is 0. The summed E-state index contributed by atoms with van der Waals surface area (Å²) >= 11 is 0. The maximum Gasteiger partial charge on any atom is 0 e.